The van der Waals surface area contributed by atoms with Crippen molar-refractivity contribution < 1.29 is 28.4 Å². The van der Waals surface area contributed by atoms with Crippen molar-refractivity contribution in [3.8, 4) is 0 Å². The number of carbonyl (C=O) groups is 1. The number of aliphatic hydroxyl groups is 1. The smallest absolute Gasteiger partial charge is 0.391 e. The number of aliphatic hydroxyl groups excluding tert-OH is 1. The molecule has 45 heavy (non-hydrogen) atoms. The van der Waals surface area contributed by atoms with Gasteiger partial charge in [-0.15, -0.1) is 0 Å². The summed E-state index contributed by atoms with van der Waals surface area (Å²) in [4.78, 5) is 22.5. The topological polar surface area (TPSA) is 131 Å². The van der Waals surface area contributed by atoms with E-state index in [1.165, 1.54) is 89.9 Å². The Balaban J connectivity index is 4.17. The van der Waals surface area contributed by atoms with E-state index in [1.54, 1.807) is 0 Å². The molecule has 0 aromatic carbocycles. The maximum absolute atomic E-state index is 12.7. The highest BCUT2D eigenvalue weighted by molar-refractivity contribution is 7.47. The molecule has 0 radical (unpaired) electrons. The minimum atomic E-state index is -4.30. The van der Waals surface area contributed by atoms with Crippen LogP contribution in [-0.2, 0) is 18.4 Å². The Morgan fingerprint density at radius 2 is 1.22 bits per heavy atom. The summed E-state index contributed by atoms with van der Waals surface area (Å²) in [5.74, 6) is -0.174. The van der Waals surface area contributed by atoms with Crippen molar-refractivity contribution in [1.82, 2.24) is 5.32 Å². The zero-order valence-electron chi connectivity index (χ0n) is 29.1. The lowest BCUT2D eigenvalue weighted by Crippen LogP contribution is -2.46. The third kappa shape index (κ3) is 31.4. The summed E-state index contributed by atoms with van der Waals surface area (Å²) in [5.41, 5.74) is 5.34. The fourth-order valence-electron chi connectivity index (χ4n) is 5.22. The Hall–Kier alpha value is -1.02. The fraction of sp³-hybridized carbons (Fsp3) is 0.861. The van der Waals surface area contributed by atoms with Crippen molar-refractivity contribution in [2.75, 3.05) is 19.8 Å². The number of rotatable bonds is 34. The van der Waals surface area contributed by atoms with Crippen LogP contribution in [0.5, 0.6) is 0 Å². The van der Waals surface area contributed by atoms with Gasteiger partial charge in [-0.25, -0.2) is 4.57 Å². The first kappa shape index (κ1) is 44.0. The Morgan fingerprint density at radius 1 is 0.733 bits per heavy atom. The molecule has 0 aliphatic carbocycles. The van der Waals surface area contributed by atoms with Crippen LogP contribution < -0.4 is 11.1 Å². The standard InChI is InChI=1S/C36H71N2O6P/c1-3-5-7-9-11-13-14-15-16-17-18-19-20-21-22-24-26-28-30-36(40)38-34(33-44-45(41,42)43-32-31-37)35(39)29-27-25-23-12-10-8-6-4-2/h13-14,16-17,34-35,39H,3-12,15,18-33,37H2,1-2H3,(H,38,40)(H,41,42)/b14-13-,17-16-. The third-order valence-corrected chi connectivity index (χ3v) is 9.04. The van der Waals surface area contributed by atoms with Crippen LogP contribution in [0.25, 0.3) is 0 Å². The van der Waals surface area contributed by atoms with E-state index in [9.17, 15) is 19.4 Å². The lowest BCUT2D eigenvalue weighted by atomic mass is 10.0. The van der Waals surface area contributed by atoms with Gasteiger partial charge in [0.1, 0.15) is 0 Å². The van der Waals surface area contributed by atoms with Gasteiger partial charge in [-0.05, 0) is 44.9 Å². The minimum absolute atomic E-state index is 0.0872. The van der Waals surface area contributed by atoms with Crippen molar-refractivity contribution in [3.05, 3.63) is 24.3 Å². The van der Waals surface area contributed by atoms with Crippen molar-refractivity contribution >= 4 is 13.7 Å². The van der Waals surface area contributed by atoms with E-state index >= 15 is 0 Å². The molecule has 0 saturated carbocycles. The molecule has 0 aliphatic rings. The Morgan fingerprint density at radius 3 is 1.78 bits per heavy atom. The highest BCUT2D eigenvalue weighted by Gasteiger charge is 2.27. The zero-order valence-corrected chi connectivity index (χ0v) is 30.0. The van der Waals surface area contributed by atoms with Gasteiger partial charge >= 0.3 is 7.82 Å². The third-order valence-electron chi connectivity index (χ3n) is 8.06. The Bertz CT molecular complexity index is 764. The molecule has 0 bridgehead atoms. The van der Waals surface area contributed by atoms with Gasteiger partial charge in [-0.1, -0.05) is 141 Å². The molecule has 0 aromatic rings. The van der Waals surface area contributed by atoms with Crippen molar-refractivity contribution in [3.63, 3.8) is 0 Å². The molecule has 3 unspecified atom stereocenters. The molecule has 0 aliphatic heterocycles. The Kier molecular flexibility index (Phi) is 32.2. The predicted octanol–water partition coefficient (Wildman–Crippen LogP) is 9.44. The first-order chi connectivity index (χ1) is 21.9. The number of unbranched alkanes of at least 4 members (excludes halogenated alkanes) is 18. The number of carbonyl (C=O) groups excluding carboxylic acids is 1. The predicted molar refractivity (Wildman–Crippen MR) is 189 cm³/mol. The van der Waals surface area contributed by atoms with Crippen LogP contribution in [0.4, 0.5) is 0 Å². The molecular weight excluding hydrogens is 587 g/mol. The molecule has 0 saturated heterocycles. The van der Waals surface area contributed by atoms with Gasteiger partial charge in [0.2, 0.25) is 5.91 Å². The van der Waals surface area contributed by atoms with Gasteiger partial charge < -0.3 is 21.1 Å². The maximum atomic E-state index is 12.7. The molecule has 0 fully saturated rings. The summed E-state index contributed by atoms with van der Waals surface area (Å²) >= 11 is 0. The van der Waals surface area contributed by atoms with E-state index in [4.69, 9.17) is 14.8 Å². The van der Waals surface area contributed by atoms with E-state index in [1.807, 2.05) is 0 Å². The second-order valence-corrected chi connectivity index (χ2v) is 13.9. The van der Waals surface area contributed by atoms with E-state index in [-0.39, 0.29) is 25.7 Å². The van der Waals surface area contributed by atoms with Crippen molar-refractivity contribution in [1.29, 1.82) is 0 Å². The summed E-state index contributed by atoms with van der Waals surface area (Å²) in [6.07, 6.45) is 34.7. The Labute approximate surface area is 277 Å². The first-order valence-electron chi connectivity index (χ1n) is 18.5. The number of nitrogens with two attached hydrogens (primary N) is 1. The summed E-state index contributed by atoms with van der Waals surface area (Å²) < 4.78 is 22.0. The number of hydrogen-bond donors (Lipinski definition) is 4. The molecule has 0 heterocycles. The zero-order chi connectivity index (χ0) is 33.3. The van der Waals surface area contributed by atoms with E-state index in [0.717, 1.165) is 51.4 Å². The van der Waals surface area contributed by atoms with Crippen LogP contribution in [0.15, 0.2) is 24.3 Å². The maximum Gasteiger partial charge on any atom is 0.472 e. The molecule has 266 valence electrons. The van der Waals surface area contributed by atoms with Gasteiger partial charge in [0.25, 0.3) is 0 Å². The number of allylic oxidation sites excluding steroid dienone is 4. The molecule has 9 heteroatoms. The summed E-state index contributed by atoms with van der Waals surface area (Å²) in [7, 11) is -4.30. The van der Waals surface area contributed by atoms with Crippen LogP contribution in [-0.4, -0.2) is 47.8 Å². The first-order valence-corrected chi connectivity index (χ1v) is 19.9. The van der Waals surface area contributed by atoms with Crippen LogP contribution in [0.3, 0.4) is 0 Å². The van der Waals surface area contributed by atoms with Crippen LogP contribution >= 0.6 is 7.82 Å². The van der Waals surface area contributed by atoms with Crippen LogP contribution in [0.2, 0.25) is 0 Å². The van der Waals surface area contributed by atoms with Crippen molar-refractivity contribution in [2.24, 2.45) is 5.73 Å². The largest absolute Gasteiger partial charge is 0.472 e. The number of hydrogen-bond acceptors (Lipinski definition) is 6. The average Bonchev–Trinajstić information content (AvgIpc) is 3.02. The second kappa shape index (κ2) is 32.9. The van der Waals surface area contributed by atoms with E-state index < -0.39 is 20.0 Å². The highest BCUT2D eigenvalue weighted by atomic mass is 31.2. The van der Waals surface area contributed by atoms with E-state index in [0.29, 0.717) is 12.8 Å². The molecule has 1 amide bonds. The highest BCUT2D eigenvalue weighted by Crippen LogP contribution is 2.43. The van der Waals surface area contributed by atoms with Crippen LogP contribution in [0.1, 0.15) is 168 Å². The van der Waals surface area contributed by atoms with Gasteiger partial charge in [0.05, 0.1) is 25.4 Å². The lowest BCUT2D eigenvalue weighted by Gasteiger charge is -2.25. The van der Waals surface area contributed by atoms with Gasteiger partial charge in [-0.3, -0.25) is 13.8 Å². The quantitative estimate of drug-likeness (QED) is 0.0308. The molecule has 0 aromatic heterocycles. The fourth-order valence-corrected chi connectivity index (χ4v) is 5.98. The normalized spacial score (nSPS) is 14.7. The summed E-state index contributed by atoms with van der Waals surface area (Å²) in [6.45, 7) is 4.13. The molecule has 0 spiro atoms. The van der Waals surface area contributed by atoms with Crippen LogP contribution in [0, 0.1) is 0 Å². The second-order valence-electron chi connectivity index (χ2n) is 12.4. The summed E-state index contributed by atoms with van der Waals surface area (Å²) in [6, 6.07) is -0.773. The van der Waals surface area contributed by atoms with Crippen molar-refractivity contribution in [2.45, 2.75) is 180 Å². The van der Waals surface area contributed by atoms with Gasteiger partial charge in [0, 0.05) is 13.0 Å². The number of nitrogens with one attached hydrogen (secondary N) is 1. The molecular formula is C36H71N2O6P. The number of amides is 1. The molecule has 8 nitrogen and oxygen atoms in total. The average molecular weight is 659 g/mol. The SMILES string of the molecule is CCCCCC/C=C\C/C=C\CCCCCCCCCC(=O)NC(COP(=O)(O)OCCN)C(O)CCCCCCCCCC. The van der Waals surface area contributed by atoms with Gasteiger partial charge in [0.15, 0.2) is 0 Å². The van der Waals surface area contributed by atoms with Gasteiger partial charge in [-0.2, -0.15) is 0 Å². The molecule has 0 rings (SSSR count). The monoisotopic (exact) mass is 659 g/mol. The minimum Gasteiger partial charge on any atom is -0.391 e. The summed E-state index contributed by atoms with van der Waals surface area (Å²) in [5, 5.41) is 13.6. The lowest BCUT2D eigenvalue weighted by molar-refractivity contribution is -0.123. The van der Waals surface area contributed by atoms with E-state index in [2.05, 4.69) is 43.5 Å². The number of phosphoric ester groups is 1. The molecule has 3 atom stereocenters. The molecule has 5 N–H and O–H groups in total. The number of phosphoric acid groups is 1.